The maximum atomic E-state index is 11.6. The fraction of sp³-hybridized carbons (Fsp3) is 0.929. The molecule has 3 atom stereocenters. The monoisotopic (exact) mass is 300 g/mol. The molecule has 6 heteroatoms. The number of rotatable bonds is 4. The molecule has 1 aliphatic carbocycles. The van der Waals surface area contributed by atoms with Crippen LogP contribution in [0.3, 0.4) is 0 Å². The predicted molar refractivity (Wildman–Crippen MR) is 76.9 cm³/mol. The van der Waals surface area contributed by atoms with Gasteiger partial charge in [0.25, 0.3) is 0 Å². The van der Waals surface area contributed by atoms with E-state index in [1.54, 1.807) is 0 Å². The van der Waals surface area contributed by atoms with Crippen molar-refractivity contribution in [2.45, 2.75) is 63.0 Å². The maximum Gasteiger partial charge on any atom is 0.151 e. The Hall–Kier alpha value is -0.640. The van der Waals surface area contributed by atoms with Crippen molar-refractivity contribution in [1.29, 1.82) is 5.26 Å². The van der Waals surface area contributed by atoms with E-state index in [1.807, 2.05) is 27.7 Å². The van der Waals surface area contributed by atoms with Crippen LogP contribution in [-0.2, 0) is 14.6 Å². The zero-order valence-electron chi connectivity index (χ0n) is 12.9. The fourth-order valence-electron chi connectivity index (χ4n) is 3.36. The average Bonchev–Trinajstić information content (AvgIpc) is 2.92. The zero-order valence-corrected chi connectivity index (χ0v) is 13.7. The summed E-state index contributed by atoms with van der Waals surface area (Å²) in [6.45, 7) is 8.56. The first-order chi connectivity index (χ1) is 8.92. The molecule has 20 heavy (non-hydrogen) atoms. The summed E-state index contributed by atoms with van der Waals surface area (Å²) in [7, 11) is -3.14. The Morgan fingerprint density at radius 3 is 2.25 bits per heavy atom. The minimum absolute atomic E-state index is 0.128. The van der Waals surface area contributed by atoms with Crippen molar-refractivity contribution in [1.82, 2.24) is 5.32 Å². The van der Waals surface area contributed by atoms with Crippen LogP contribution in [0.4, 0.5) is 0 Å². The molecule has 0 radical (unpaired) electrons. The summed E-state index contributed by atoms with van der Waals surface area (Å²) >= 11 is 0. The first-order valence-electron chi connectivity index (χ1n) is 6.96. The molecule has 2 fully saturated rings. The Morgan fingerprint density at radius 2 is 1.90 bits per heavy atom. The number of nitrogens with one attached hydrogen (secondary N) is 1. The molecule has 2 rings (SSSR count). The highest BCUT2D eigenvalue weighted by atomic mass is 32.2. The number of hydrogen-bond donors (Lipinski definition) is 1. The first kappa shape index (κ1) is 15.7. The third-order valence-electron chi connectivity index (χ3n) is 4.48. The van der Waals surface area contributed by atoms with E-state index in [9.17, 15) is 13.7 Å². The number of ether oxygens (including phenoxy) is 1. The second-order valence-electron chi connectivity index (χ2n) is 7.39. The van der Waals surface area contributed by atoms with E-state index in [2.05, 4.69) is 11.4 Å². The van der Waals surface area contributed by atoms with Gasteiger partial charge in [0, 0.05) is 18.8 Å². The summed E-state index contributed by atoms with van der Waals surface area (Å²) in [5.74, 6) is 0. The molecule has 1 unspecified atom stereocenters. The van der Waals surface area contributed by atoms with E-state index in [-0.39, 0.29) is 17.2 Å². The Bertz CT molecular complexity index is 547. The molecule has 114 valence electrons. The van der Waals surface area contributed by atoms with Crippen molar-refractivity contribution >= 4 is 9.84 Å². The van der Waals surface area contributed by atoms with Crippen molar-refractivity contribution in [3.05, 3.63) is 0 Å². The minimum atomic E-state index is -3.14. The average molecular weight is 300 g/mol. The third kappa shape index (κ3) is 2.85. The zero-order chi connectivity index (χ0) is 15.4. The second kappa shape index (κ2) is 4.43. The van der Waals surface area contributed by atoms with Gasteiger partial charge in [0.1, 0.15) is 0 Å². The van der Waals surface area contributed by atoms with Gasteiger partial charge in [-0.15, -0.1) is 0 Å². The van der Waals surface area contributed by atoms with Gasteiger partial charge < -0.3 is 10.1 Å². The minimum Gasteiger partial charge on any atom is -0.368 e. The normalized spacial score (nSPS) is 38.4. The topological polar surface area (TPSA) is 79.2 Å². The Balaban J connectivity index is 2.02. The molecule has 1 heterocycles. The summed E-state index contributed by atoms with van der Waals surface area (Å²) in [5, 5.41) is 12.2. The highest BCUT2D eigenvalue weighted by molar-refractivity contribution is 7.91. The molecule has 0 aromatic carbocycles. The first-order valence-corrected chi connectivity index (χ1v) is 8.91. The molecule has 1 N–H and O–H groups in total. The molecule has 1 saturated carbocycles. The lowest BCUT2D eigenvalue weighted by Crippen LogP contribution is -2.45. The molecule has 0 amide bonds. The van der Waals surface area contributed by atoms with E-state index in [0.717, 1.165) is 6.42 Å². The lowest BCUT2D eigenvalue weighted by atomic mass is 9.94. The van der Waals surface area contributed by atoms with Crippen molar-refractivity contribution in [3.8, 4) is 6.07 Å². The van der Waals surface area contributed by atoms with E-state index in [1.165, 1.54) is 6.26 Å². The maximum absolute atomic E-state index is 11.6. The van der Waals surface area contributed by atoms with Crippen molar-refractivity contribution in [2.24, 2.45) is 5.41 Å². The standard InChI is InChI=1S/C14H24N2O3S/c1-12(2)6-10(13(3,4)19-12)16-9-14(8-15)7-11(14)20(5,17)18/h10-11,16H,6-7,9H2,1-5H3/t10?,11-,14-/m1/s1. The molecule has 0 aromatic heterocycles. The Labute approximate surface area is 121 Å². The van der Waals surface area contributed by atoms with Crippen LogP contribution in [0.15, 0.2) is 0 Å². The third-order valence-corrected chi connectivity index (χ3v) is 6.13. The van der Waals surface area contributed by atoms with Gasteiger partial charge >= 0.3 is 0 Å². The second-order valence-corrected chi connectivity index (χ2v) is 9.62. The van der Waals surface area contributed by atoms with Gasteiger partial charge in [-0.3, -0.25) is 0 Å². The van der Waals surface area contributed by atoms with Gasteiger partial charge in [-0.05, 0) is 40.5 Å². The SMILES string of the molecule is CC1(C)CC(NC[C@]2(C#N)C[C@H]2S(C)(=O)=O)C(C)(C)O1. The molecule has 2 aliphatic rings. The summed E-state index contributed by atoms with van der Waals surface area (Å²) in [6.07, 6.45) is 2.50. The van der Waals surface area contributed by atoms with Crippen molar-refractivity contribution in [3.63, 3.8) is 0 Å². The molecule has 1 aliphatic heterocycles. The van der Waals surface area contributed by atoms with Crippen molar-refractivity contribution < 1.29 is 13.2 Å². The van der Waals surface area contributed by atoms with Crippen molar-refractivity contribution in [2.75, 3.05) is 12.8 Å². The van der Waals surface area contributed by atoms with Crippen LogP contribution < -0.4 is 5.32 Å². The highest BCUT2D eigenvalue weighted by Gasteiger charge is 2.61. The summed E-state index contributed by atoms with van der Waals surface area (Å²) in [4.78, 5) is 0. The van der Waals surface area contributed by atoms with E-state index in [4.69, 9.17) is 4.74 Å². The van der Waals surface area contributed by atoms with Crippen LogP contribution in [0.2, 0.25) is 0 Å². The van der Waals surface area contributed by atoms with Crippen LogP contribution in [0.25, 0.3) is 0 Å². The largest absolute Gasteiger partial charge is 0.368 e. The van der Waals surface area contributed by atoms with Gasteiger partial charge in [0.05, 0.1) is 27.9 Å². The quantitative estimate of drug-likeness (QED) is 0.845. The van der Waals surface area contributed by atoms with Crippen LogP contribution in [0.5, 0.6) is 0 Å². The Kier molecular flexibility index (Phi) is 3.48. The lowest BCUT2D eigenvalue weighted by Gasteiger charge is -2.28. The number of nitriles is 1. The lowest BCUT2D eigenvalue weighted by molar-refractivity contribution is -0.0699. The summed E-state index contributed by atoms with van der Waals surface area (Å²) < 4.78 is 29.2. The van der Waals surface area contributed by atoms with Gasteiger partial charge in [-0.2, -0.15) is 5.26 Å². The Morgan fingerprint density at radius 1 is 1.30 bits per heavy atom. The smallest absolute Gasteiger partial charge is 0.151 e. The van der Waals surface area contributed by atoms with Crippen LogP contribution >= 0.6 is 0 Å². The molecule has 1 saturated heterocycles. The summed E-state index contributed by atoms with van der Waals surface area (Å²) in [5.41, 5.74) is -1.26. The van der Waals surface area contributed by atoms with E-state index in [0.29, 0.717) is 13.0 Å². The number of hydrogen-bond acceptors (Lipinski definition) is 5. The molecule has 0 spiro atoms. The van der Waals surface area contributed by atoms with Gasteiger partial charge in [-0.1, -0.05) is 0 Å². The van der Waals surface area contributed by atoms with E-state index < -0.39 is 20.5 Å². The highest BCUT2D eigenvalue weighted by Crippen LogP contribution is 2.50. The van der Waals surface area contributed by atoms with Gasteiger partial charge in [-0.25, -0.2) is 8.42 Å². The number of sulfone groups is 1. The molecular weight excluding hydrogens is 276 g/mol. The van der Waals surface area contributed by atoms with Crippen LogP contribution in [0, 0.1) is 16.7 Å². The van der Waals surface area contributed by atoms with Gasteiger partial charge in [0.2, 0.25) is 0 Å². The van der Waals surface area contributed by atoms with E-state index >= 15 is 0 Å². The summed E-state index contributed by atoms with van der Waals surface area (Å²) in [6, 6.07) is 2.33. The fourth-order valence-corrected chi connectivity index (χ4v) is 4.92. The molecule has 5 nitrogen and oxygen atoms in total. The predicted octanol–water partition coefficient (Wildman–Crippen LogP) is 1.25. The number of nitrogens with zero attached hydrogens (tertiary/aromatic N) is 1. The molecule has 0 bridgehead atoms. The molecule has 0 aromatic rings. The van der Waals surface area contributed by atoms with Crippen LogP contribution in [-0.4, -0.2) is 43.7 Å². The van der Waals surface area contributed by atoms with Crippen LogP contribution in [0.1, 0.15) is 40.5 Å². The molecular formula is C14H24N2O3S. The van der Waals surface area contributed by atoms with Gasteiger partial charge in [0.15, 0.2) is 9.84 Å².